The van der Waals surface area contributed by atoms with Gasteiger partial charge in [-0.25, -0.2) is 0 Å². The molecule has 6 nitrogen and oxygen atoms in total. The van der Waals surface area contributed by atoms with Crippen molar-refractivity contribution >= 4 is 20.0 Å². The van der Waals surface area contributed by atoms with Crippen LogP contribution in [0.15, 0.2) is 0 Å². The van der Waals surface area contributed by atoms with Gasteiger partial charge < -0.3 is 25.8 Å². The summed E-state index contributed by atoms with van der Waals surface area (Å²) < 4.78 is 0. The molecule has 0 aliphatic rings. The van der Waals surface area contributed by atoms with Crippen LogP contribution >= 0.6 is 0 Å². The zero-order valence-electron chi connectivity index (χ0n) is 11.2. The molecule has 17 heavy (non-hydrogen) atoms. The molecule has 0 rings (SSSR count). The summed E-state index contributed by atoms with van der Waals surface area (Å²) in [6.07, 6.45) is 0. The third-order valence-corrected chi connectivity index (χ3v) is 1.87. The Morgan fingerprint density at radius 2 is 1.76 bits per heavy atom. The zero-order chi connectivity index (χ0) is 13.6. The smallest absolute Gasteiger partial charge is 0.374 e. The van der Waals surface area contributed by atoms with E-state index in [4.69, 9.17) is 5.02 Å². The first-order chi connectivity index (χ1) is 7.61. The minimum Gasteiger partial charge on any atom is -0.437 e. The third-order valence-electron chi connectivity index (χ3n) is 1.87. The molecular weight excluding hydrogens is 220 g/mol. The maximum absolute atomic E-state index is 11.9. The Balaban J connectivity index is 4.40. The van der Waals surface area contributed by atoms with Crippen molar-refractivity contribution in [2.45, 2.75) is 46.0 Å². The lowest BCUT2D eigenvalue weighted by molar-refractivity contribution is -0.124. The minimum absolute atomic E-state index is 0.216. The highest BCUT2D eigenvalue weighted by Crippen LogP contribution is 1.99. The van der Waals surface area contributed by atoms with Gasteiger partial charge >= 0.3 is 14.1 Å². The molecular formula is C9H23B2N3O3. The Morgan fingerprint density at radius 1 is 1.24 bits per heavy atom. The van der Waals surface area contributed by atoms with E-state index in [1.165, 1.54) is 0 Å². The van der Waals surface area contributed by atoms with Crippen LogP contribution in [0.3, 0.4) is 0 Å². The largest absolute Gasteiger partial charge is 0.437 e. The van der Waals surface area contributed by atoms with Gasteiger partial charge in [0.1, 0.15) is 0 Å². The predicted molar refractivity (Wildman–Crippen MR) is 70.5 cm³/mol. The Labute approximate surface area is 104 Å². The monoisotopic (exact) mass is 243 g/mol. The standard InChI is InChI=1S/C9H23B2N3O3/c1-9(2,3)13-8(15)7(14-11(5)17)6-12-10(4)16/h7,12,14,16-17H,6H2,1-5H3,(H,13,15). The lowest BCUT2D eigenvalue weighted by Gasteiger charge is -2.26. The van der Waals surface area contributed by atoms with E-state index in [2.05, 4.69) is 15.8 Å². The molecule has 8 heteroatoms. The van der Waals surface area contributed by atoms with Gasteiger partial charge in [-0.05, 0) is 34.4 Å². The van der Waals surface area contributed by atoms with Crippen molar-refractivity contribution in [2.24, 2.45) is 0 Å². The van der Waals surface area contributed by atoms with Crippen LogP contribution in [-0.4, -0.2) is 48.2 Å². The van der Waals surface area contributed by atoms with E-state index in [1.807, 2.05) is 20.8 Å². The number of rotatable bonds is 6. The van der Waals surface area contributed by atoms with Crippen molar-refractivity contribution < 1.29 is 14.8 Å². The van der Waals surface area contributed by atoms with Crippen LogP contribution in [0.1, 0.15) is 20.8 Å². The van der Waals surface area contributed by atoms with Gasteiger partial charge in [-0.1, -0.05) is 0 Å². The van der Waals surface area contributed by atoms with Gasteiger partial charge in [0.25, 0.3) is 0 Å². The third kappa shape index (κ3) is 9.17. The van der Waals surface area contributed by atoms with E-state index in [0.717, 1.165) is 0 Å². The SMILES string of the molecule is CB(O)NCC(NB(C)O)C(=O)NC(C)(C)C. The molecule has 5 N–H and O–H groups in total. The highest BCUT2D eigenvalue weighted by atomic mass is 16.2. The molecule has 0 aliphatic carbocycles. The number of amides is 1. The molecule has 98 valence electrons. The predicted octanol–water partition coefficient (Wildman–Crippen LogP) is -1.33. The van der Waals surface area contributed by atoms with Gasteiger partial charge in [0, 0.05) is 12.1 Å². The van der Waals surface area contributed by atoms with Crippen molar-refractivity contribution in [1.82, 2.24) is 15.8 Å². The second-order valence-corrected chi connectivity index (χ2v) is 5.22. The molecule has 0 spiro atoms. The quantitative estimate of drug-likeness (QED) is 0.372. The maximum atomic E-state index is 11.9. The molecule has 0 saturated carbocycles. The van der Waals surface area contributed by atoms with Crippen LogP contribution in [0.25, 0.3) is 0 Å². The van der Waals surface area contributed by atoms with Gasteiger partial charge in [-0.3, -0.25) is 4.79 Å². The molecule has 1 unspecified atom stereocenters. The minimum atomic E-state index is -0.790. The molecule has 0 fully saturated rings. The Bertz CT molecular complexity index is 244. The van der Waals surface area contributed by atoms with E-state index >= 15 is 0 Å². The van der Waals surface area contributed by atoms with Crippen LogP contribution in [0.4, 0.5) is 0 Å². The van der Waals surface area contributed by atoms with Gasteiger partial charge in [-0.15, -0.1) is 0 Å². The van der Waals surface area contributed by atoms with E-state index in [0.29, 0.717) is 0 Å². The lowest BCUT2D eigenvalue weighted by Crippen LogP contribution is -2.58. The van der Waals surface area contributed by atoms with Crippen molar-refractivity contribution in [2.75, 3.05) is 6.54 Å². The fourth-order valence-electron chi connectivity index (χ4n) is 1.26. The van der Waals surface area contributed by atoms with Gasteiger partial charge in [0.2, 0.25) is 5.91 Å². The Kier molecular flexibility index (Phi) is 6.77. The zero-order valence-corrected chi connectivity index (χ0v) is 11.2. The van der Waals surface area contributed by atoms with Crippen molar-refractivity contribution in [3.8, 4) is 0 Å². The van der Waals surface area contributed by atoms with E-state index < -0.39 is 20.1 Å². The molecule has 0 bridgehead atoms. The lowest BCUT2D eigenvalue weighted by atomic mass is 9.85. The Morgan fingerprint density at radius 3 is 2.12 bits per heavy atom. The Hall–Kier alpha value is -0.560. The number of hydrogen-bond acceptors (Lipinski definition) is 5. The van der Waals surface area contributed by atoms with E-state index in [-0.39, 0.29) is 18.0 Å². The number of carbonyl (C=O) groups is 1. The molecule has 0 heterocycles. The van der Waals surface area contributed by atoms with Crippen LogP contribution in [0.2, 0.25) is 13.6 Å². The molecule has 1 atom stereocenters. The summed E-state index contributed by atoms with van der Waals surface area (Å²) in [5.41, 5.74) is -0.333. The van der Waals surface area contributed by atoms with Crippen molar-refractivity contribution in [3.63, 3.8) is 0 Å². The van der Waals surface area contributed by atoms with E-state index in [9.17, 15) is 9.82 Å². The summed E-state index contributed by atoms with van der Waals surface area (Å²) in [6.45, 7) is 9.00. The van der Waals surface area contributed by atoms with Crippen molar-refractivity contribution in [3.05, 3.63) is 0 Å². The molecule has 0 aliphatic heterocycles. The molecule has 0 radical (unpaired) electrons. The van der Waals surface area contributed by atoms with Crippen LogP contribution in [0.5, 0.6) is 0 Å². The number of carbonyl (C=O) groups excluding carboxylic acids is 1. The molecule has 1 amide bonds. The van der Waals surface area contributed by atoms with E-state index in [1.54, 1.807) is 13.6 Å². The number of nitrogens with one attached hydrogen (secondary N) is 3. The summed E-state index contributed by atoms with van der Waals surface area (Å²) in [5, 5.41) is 26.7. The molecule has 0 saturated heterocycles. The summed E-state index contributed by atoms with van der Waals surface area (Å²) >= 11 is 0. The molecule has 0 aromatic rings. The maximum Gasteiger partial charge on any atom is 0.374 e. The van der Waals surface area contributed by atoms with Crippen LogP contribution < -0.4 is 15.8 Å². The molecule has 0 aromatic carbocycles. The summed E-state index contributed by atoms with van der Waals surface area (Å²) in [5.74, 6) is -0.216. The second kappa shape index (κ2) is 7.00. The average molecular weight is 243 g/mol. The van der Waals surface area contributed by atoms with Gasteiger partial charge in [-0.2, -0.15) is 0 Å². The average Bonchev–Trinajstić information content (AvgIpc) is 2.08. The topological polar surface area (TPSA) is 93.6 Å². The highest BCUT2D eigenvalue weighted by Gasteiger charge is 2.25. The fraction of sp³-hybridized carbons (Fsp3) is 0.889. The first kappa shape index (κ1) is 16.4. The number of hydrogen-bond donors (Lipinski definition) is 5. The first-order valence-electron chi connectivity index (χ1n) is 5.79. The summed E-state index contributed by atoms with van der Waals surface area (Å²) in [7, 11) is -1.49. The van der Waals surface area contributed by atoms with Crippen LogP contribution in [0, 0.1) is 0 Å². The van der Waals surface area contributed by atoms with Crippen LogP contribution in [-0.2, 0) is 4.79 Å². The van der Waals surface area contributed by atoms with Gasteiger partial charge in [0.05, 0.1) is 6.04 Å². The molecule has 0 aromatic heterocycles. The van der Waals surface area contributed by atoms with Gasteiger partial charge in [0.15, 0.2) is 0 Å². The van der Waals surface area contributed by atoms with Crippen molar-refractivity contribution in [1.29, 1.82) is 0 Å². The fourth-order valence-corrected chi connectivity index (χ4v) is 1.26. The second-order valence-electron chi connectivity index (χ2n) is 5.22. The highest BCUT2D eigenvalue weighted by molar-refractivity contribution is 6.46. The first-order valence-corrected chi connectivity index (χ1v) is 5.79. The summed E-state index contributed by atoms with van der Waals surface area (Å²) in [4.78, 5) is 11.9. The normalized spacial score (nSPS) is 13.1. The summed E-state index contributed by atoms with van der Waals surface area (Å²) in [6, 6.07) is -0.594.